The van der Waals surface area contributed by atoms with E-state index in [1.54, 1.807) is 0 Å². The normalized spacial score (nSPS) is 22.9. The maximum Gasteiger partial charge on any atom is 0.0850 e. The SMILES string of the molecule is Cc1cccc(C(O)C2CCNC2)c1N. The number of para-hydroxylation sites is 1. The van der Waals surface area contributed by atoms with Crippen molar-refractivity contribution in [1.29, 1.82) is 0 Å². The molecule has 1 heterocycles. The molecule has 0 saturated carbocycles. The van der Waals surface area contributed by atoms with Crippen LogP contribution in [0.1, 0.15) is 23.7 Å². The molecule has 0 aliphatic carbocycles. The van der Waals surface area contributed by atoms with Gasteiger partial charge in [0.15, 0.2) is 0 Å². The van der Waals surface area contributed by atoms with Crippen molar-refractivity contribution in [3.05, 3.63) is 29.3 Å². The quantitative estimate of drug-likeness (QED) is 0.638. The molecule has 3 nitrogen and oxygen atoms in total. The number of rotatable bonds is 2. The Bertz CT molecular complexity index is 345. The third-order valence-electron chi connectivity index (χ3n) is 3.22. The average molecular weight is 206 g/mol. The van der Waals surface area contributed by atoms with E-state index in [0.717, 1.165) is 36.3 Å². The maximum absolute atomic E-state index is 10.2. The van der Waals surface area contributed by atoms with Gasteiger partial charge in [0, 0.05) is 23.7 Å². The fourth-order valence-electron chi connectivity index (χ4n) is 2.16. The van der Waals surface area contributed by atoms with E-state index in [9.17, 15) is 5.11 Å². The number of anilines is 1. The van der Waals surface area contributed by atoms with Crippen LogP contribution in [0.15, 0.2) is 18.2 Å². The van der Waals surface area contributed by atoms with Gasteiger partial charge in [-0.25, -0.2) is 0 Å². The minimum absolute atomic E-state index is 0.300. The summed E-state index contributed by atoms with van der Waals surface area (Å²) in [4.78, 5) is 0. The summed E-state index contributed by atoms with van der Waals surface area (Å²) in [7, 11) is 0. The highest BCUT2D eigenvalue weighted by atomic mass is 16.3. The van der Waals surface area contributed by atoms with Crippen LogP contribution in [0.25, 0.3) is 0 Å². The van der Waals surface area contributed by atoms with Gasteiger partial charge in [0.25, 0.3) is 0 Å². The van der Waals surface area contributed by atoms with Crippen LogP contribution in [0.5, 0.6) is 0 Å². The van der Waals surface area contributed by atoms with Gasteiger partial charge in [-0.15, -0.1) is 0 Å². The lowest BCUT2D eigenvalue weighted by Crippen LogP contribution is -2.17. The second-order valence-corrected chi connectivity index (χ2v) is 4.28. The summed E-state index contributed by atoms with van der Waals surface area (Å²) in [5, 5.41) is 13.5. The lowest BCUT2D eigenvalue weighted by Gasteiger charge is -2.20. The van der Waals surface area contributed by atoms with Gasteiger partial charge in [0.1, 0.15) is 0 Å². The highest BCUT2D eigenvalue weighted by molar-refractivity contribution is 5.54. The Morgan fingerprint density at radius 1 is 1.53 bits per heavy atom. The van der Waals surface area contributed by atoms with E-state index < -0.39 is 6.10 Å². The van der Waals surface area contributed by atoms with Gasteiger partial charge in [-0.05, 0) is 25.5 Å². The van der Waals surface area contributed by atoms with Crippen LogP contribution in [-0.4, -0.2) is 18.2 Å². The van der Waals surface area contributed by atoms with Crippen LogP contribution in [0.3, 0.4) is 0 Å². The molecule has 0 radical (unpaired) electrons. The van der Waals surface area contributed by atoms with Gasteiger partial charge in [-0.1, -0.05) is 18.2 Å². The zero-order valence-corrected chi connectivity index (χ0v) is 9.03. The molecule has 15 heavy (non-hydrogen) atoms. The Morgan fingerprint density at radius 2 is 2.33 bits per heavy atom. The molecular weight excluding hydrogens is 188 g/mol. The summed E-state index contributed by atoms with van der Waals surface area (Å²) in [5.74, 6) is 0.300. The third kappa shape index (κ3) is 1.98. The first-order valence-corrected chi connectivity index (χ1v) is 5.44. The largest absolute Gasteiger partial charge is 0.398 e. The molecule has 0 bridgehead atoms. The van der Waals surface area contributed by atoms with Crippen LogP contribution in [0.4, 0.5) is 5.69 Å². The number of benzene rings is 1. The number of nitrogens with one attached hydrogen (secondary N) is 1. The van der Waals surface area contributed by atoms with E-state index >= 15 is 0 Å². The topological polar surface area (TPSA) is 58.3 Å². The monoisotopic (exact) mass is 206 g/mol. The molecule has 4 N–H and O–H groups in total. The molecule has 1 aliphatic heterocycles. The lowest BCUT2D eigenvalue weighted by atomic mass is 9.93. The molecule has 1 fully saturated rings. The molecule has 3 heteroatoms. The summed E-state index contributed by atoms with van der Waals surface area (Å²) in [5.41, 5.74) is 8.62. The van der Waals surface area contributed by atoms with Crippen molar-refractivity contribution < 1.29 is 5.11 Å². The van der Waals surface area contributed by atoms with Crippen LogP contribution in [0, 0.1) is 12.8 Å². The smallest absolute Gasteiger partial charge is 0.0850 e. The molecule has 0 aromatic heterocycles. The minimum Gasteiger partial charge on any atom is -0.398 e. The van der Waals surface area contributed by atoms with Gasteiger partial charge in [0.2, 0.25) is 0 Å². The van der Waals surface area contributed by atoms with E-state index in [-0.39, 0.29) is 0 Å². The van der Waals surface area contributed by atoms with Crippen LogP contribution >= 0.6 is 0 Å². The summed E-state index contributed by atoms with van der Waals surface area (Å²) in [6.07, 6.45) is 0.592. The number of hydrogen-bond acceptors (Lipinski definition) is 3. The zero-order chi connectivity index (χ0) is 10.8. The van der Waals surface area contributed by atoms with Crippen molar-refractivity contribution in [2.24, 2.45) is 5.92 Å². The van der Waals surface area contributed by atoms with E-state index in [1.165, 1.54) is 0 Å². The molecule has 0 spiro atoms. The number of aliphatic hydroxyl groups excluding tert-OH is 1. The first-order chi connectivity index (χ1) is 7.20. The van der Waals surface area contributed by atoms with E-state index in [2.05, 4.69) is 5.32 Å². The molecule has 1 aromatic rings. The van der Waals surface area contributed by atoms with Crippen molar-refractivity contribution >= 4 is 5.69 Å². The predicted molar refractivity (Wildman–Crippen MR) is 61.5 cm³/mol. The fraction of sp³-hybridized carbons (Fsp3) is 0.500. The molecule has 2 atom stereocenters. The van der Waals surface area contributed by atoms with Crippen LogP contribution < -0.4 is 11.1 Å². The van der Waals surface area contributed by atoms with Gasteiger partial charge in [-0.2, -0.15) is 0 Å². The highest BCUT2D eigenvalue weighted by Crippen LogP contribution is 2.31. The third-order valence-corrected chi connectivity index (χ3v) is 3.22. The first kappa shape index (κ1) is 10.5. The van der Waals surface area contributed by atoms with Gasteiger partial charge >= 0.3 is 0 Å². The fourth-order valence-corrected chi connectivity index (χ4v) is 2.16. The van der Waals surface area contributed by atoms with Gasteiger partial charge < -0.3 is 16.2 Å². The average Bonchev–Trinajstić information content (AvgIpc) is 2.74. The van der Waals surface area contributed by atoms with Crippen molar-refractivity contribution in [2.75, 3.05) is 18.8 Å². The number of hydrogen-bond donors (Lipinski definition) is 3. The Morgan fingerprint density at radius 3 is 3.00 bits per heavy atom. The van der Waals surface area contributed by atoms with Gasteiger partial charge in [0.05, 0.1) is 6.10 Å². The molecule has 1 saturated heterocycles. The number of nitrogen functional groups attached to an aromatic ring is 1. The molecule has 1 aromatic carbocycles. The molecule has 0 amide bonds. The lowest BCUT2D eigenvalue weighted by molar-refractivity contribution is 0.119. The highest BCUT2D eigenvalue weighted by Gasteiger charge is 2.25. The first-order valence-electron chi connectivity index (χ1n) is 5.44. The van der Waals surface area contributed by atoms with Crippen LogP contribution in [0.2, 0.25) is 0 Å². The van der Waals surface area contributed by atoms with Crippen LogP contribution in [-0.2, 0) is 0 Å². The summed E-state index contributed by atoms with van der Waals surface area (Å²) in [6, 6.07) is 5.84. The van der Waals surface area contributed by atoms with Crippen molar-refractivity contribution in [3.8, 4) is 0 Å². The molecule has 1 aliphatic rings. The predicted octanol–water partition coefficient (Wildman–Crippen LogP) is 1.22. The number of aliphatic hydroxyl groups is 1. The molecular formula is C12H18N2O. The molecule has 2 unspecified atom stereocenters. The minimum atomic E-state index is -0.431. The zero-order valence-electron chi connectivity index (χ0n) is 9.03. The van der Waals surface area contributed by atoms with E-state index in [1.807, 2.05) is 25.1 Å². The Balaban J connectivity index is 2.24. The summed E-state index contributed by atoms with van der Waals surface area (Å²) in [6.45, 7) is 3.85. The molecule has 82 valence electrons. The second-order valence-electron chi connectivity index (χ2n) is 4.28. The van der Waals surface area contributed by atoms with Crippen molar-refractivity contribution in [1.82, 2.24) is 5.32 Å². The second kappa shape index (κ2) is 4.21. The molecule has 2 rings (SSSR count). The van der Waals surface area contributed by atoms with Crippen molar-refractivity contribution in [2.45, 2.75) is 19.4 Å². The number of aryl methyl sites for hydroxylation is 1. The maximum atomic E-state index is 10.2. The summed E-state index contributed by atoms with van der Waals surface area (Å²) >= 11 is 0. The Labute approximate surface area is 90.3 Å². The Hall–Kier alpha value is -1.06. The number of nitrogens with two attached hydrogens (primary N) is 1. The Kier molecular flexibility index (Phi) is 2.93. The van der Waals surface area contributed by atoms with Gasteiger partial charge in [-0.3, -0.25) is 0 Å². The standard InChI is InChI=1S/C12H18N2O/c1-8-3-2-4-10(11(8)13)12(15)9-5-6-14-7-9/h2-4,9,12,14-15H,5-7,13H2,1H3. The van der Waals surface area contributed by atoms with E-state index in [4.69, 9.17) is 5.73 Å². The van der Waals surface area contributed by atoms with E-state index in [0.29, 0.717) is 5.92 Å². The summed E-state index contributed by atoms with van der Waals surface area (Å²) < 4.78 is 0. The van der Waals surface area contributed by atoms with Crippen molar-refractivity contribution in [3.63, 3.8) is 0 Å².